The summed E-state index contributed by atoms with van der Waals surface area (Å²) in [4.78, 5) is 14.9. The molecule has 2 amide bonds. The first-order chi connectivity index (χ1) is 8.93. The molecule has 1 N–H and O–H groups in total. The molecule has 0 aromatic carbocycles. The minimum absolute atomic E-state index is 0.0832. The van der Waals surface area contributed by atoms with Crippen molar-refractivity contribution in [3.05, 3.63) is 12.3 Å². The first-order valence-corrected chi connectivity index (χ1v) is 7.32. The van der Waals surface area contributed by atoms with E-state index in [1.807, 2.05) is 0 Å². The van der Waals surface area contributed by atoms with Crippen molar-refractivity contribution in [1.29, 1.82) is 0 Å². The highest BCUT2D eigenvalue weighted by Gasteiger charge is 2.31. The summed E-state index contributed by atoms with van der Waals surface area (Å²) in [7, 11) is -0.171. The lowest BCUT2D eigenvalue weighted by Gasteiger charge is -2.34. The van der Waals surface area contributed by atoms with Gasteiger partial charge in [0.05, 0.1) is 6.20 Å². The van der Waals surface area contributed by atoms with E-state index in [-0.39, 0.29) is 11.1 Å². The van der Waals surface area contributed by atoms with Gasteiger partial charge in [0.15, 0.2) is 5.03 Å². The van der Waals surface area contributed by atoms with Gasteiger partial charge in [-0.1, -0.05) is 0 Å². The molecule has 0 saturated carbocycles. The van der Waals surface area contributed by atoms with E-state index in [9.17, 15) is 13.2 Å². The second-order valence-electron chi connectivity index (χ2n) is 4.49. The summed E-state index contributed by atoms with van der Waals surface area (Å²) >= 11 is 0. The molecule has 1 aliphatic heterocycles. The summed E-state index contributed by atoms with van der Waals surface area (Å²) in [5.41, 5.74) is 0. The zero-order valence-corrected chi connectivity index (χ0v) is 11.7. The summed E-state index contributed by atoms with van der Waals surface area (Å²) in [6.45, 7) is 1.37. The lowest BCUT2D eigenvalue weighted by Crippen LogP contribution is -2.52. The van der Waals surface area contributed by atoms with Crippen molar-refractivity contribution in [3.63, 3.8) is 0 Å². The molecule has 9 heteroatoms. The van der Waals surface area contributed by atoms with Gasteiger partial charge in [-0.15, -0.1) is 0 Å². The minimum atomic E-state index is -3.52. The fraction of sp³-hybridized carbons (Fsp3) is 0.600. The van der Waals surface area contributed by atoms with Crippen LogP contribution in [0.3, 0.4) is 0 Å². The molecule has 1 aromatic heterocycles. The quantitative estimate of drug-likeness (QED) is 0.786. The van der Waals surface area contributed by atoms with E-state index in [1.165, 1.54) is 21.5 Å². The number of piperazine rings is 1. The van der Waals surface area contributed by atoms with Crippen molar-refractivity contribution in [3.8, 4) is 0 Å². The number of hydrogen-bond donors (Lipinski definition) is 1. The molecule has 8 nitrogen and oxygen atoms in total. The number of aromatic nitrogens is 2. The summed E-state index contributed by atoms with van der Waals surface area (Å²) < 4.78 is 25.8. The Morgan fingerprint density at radius 2 is 1.95 bits per heavy atom. The van der Waals surface area contributed by atoms with Crippen LogP contribution in [0, 0.1) is 0 Å². The van der Waals surface area contributed by atoms with E-state index < -0.39 is 10.0 Å². The van der Waals surface area contributed by atoms with Crippen molar-refractivity contribution >= 4 is 16.1 Å². The van der Waals surface area contributed by atoms with Crippen LogP contribution in [0.1, 0.15) is 0 Å². The molecule has 0 atom stereocenters. The minimum Gasteiger partial charge on any atom is -0.331 e. The highest BCUT2D eigenvalue weighted by atomic mass is 32.2. The van der Waals surface area contributed by atoms with Crippen LogP contribution in [0.15, 0.2) is 17.3 Å². The monoisotopic (exact) mass is 287 g/mol. The third-order valence-electron chi connectivity index (χ3n) is 2.98. The highest BCUT2D eigenvalue weighted by Crippen LogP contribution is 2.15. The summed E-state index contributed by atoms with van der Waals surface area (Å²) in [6.07, 6.45) is 1.40. The molecule has 1 saturated heterocycles. The zero-order chi connectivity index (χ0) is 14.0. The van der Waals surface area contributed by atoms with Gasteiger partial charge in [0, 0.05) is 40.3 Å². The number of carbonyl (C=O) groups is 1. The molecule has 0 aliphatic carbocycles. The number of aromatic amines is 1. The van der Waals surface area contributed by atoms with Gasteiger partial charge in [0.25, 0.3) is 10.0 Å². The Morgan fingerprint density at radius 3 is 2.42 bits per heavy atom. The molecule has 2 heterocycles. The van der Waals surface area contributed by atoms with Crippen molar-refractivity contribution < 1.29 is 13.2 Å². The number of hydrogen-bond acceptors (Lipinski definition) is 4. The van der Waals surface area contributed by atoms with E-state index in [4.69, 9.17) is 0 Å². The smallest absolute Gasteiger partial charge is 0.319 e. The maximum atomic E-state index is 12.2. The van der Waals surface area contributed by atoms with Gasteiger partial charge in [0.2, 0.25) is 0 Å². The Morgan fingerprint density at radius 1 is 1.32 bits per heavy atom. The molecule has 0 spiro atoms. The van der Waals surface area contributed by atoms with Crippen molar-refractivity contribution in [2.24, 2.45) is 0 Å². The molecule has 2 rings (SSSR count). The largest absolute Gasteiger partial charge is 0.331 e. The Kier molecular flexibility index (Phi) is 3.76. The predicted molar refractivity (Wildman–Crippen MR) is 68.0 cm³/mol. The van der Waals surface area contributed by atoms with Crippen LogP contribution in [-0.4, -0.2) is 79.0 Å². The van der Waals surface area contributed by atoms with Crippen LogP contribution in [0.4, 0.5) is 4.79 Å². The third-order valence-corrected chi connectivity index (χ3v) is 4.81. The Hall–Kier alpha value is -1.61. The molecule has 0 unspecified atom stereocenters. The van der Waals surface area contributed by atoms with Gasteiger partial charge in [0.1, 0.15) is 0 Å². The lowest BCUT2D eigenvalue weighted by molar-refractivity contribution is 0.149. The number of sulfonamides is 1. The molecule has 1 fully saturated rings. The van der Waals surface area contributed by atoms with E-state index in [2.05, 4.69) is 10.2 Å². The molecular formula is C10H17N5O3S. The second kappa shape index (κ2) is 5.17. The van der Waals surface area contributed by atoms with Gasteiger partial charge < -0.3 is 9.80 Å². The fourth-order valence-corrected chi connectivity index (χ4v) is 3.25. The van der Waals surface area contributed by atoms with Crippen LogP contribution < -0.4 is 0 Å². The van der Waals surface area contributed by atoms with Crippen molar-refractivity contribution in [1.82, 2.24) is 24.3 Å². The van der Waals surface area contributed by atoms with Crippen LogP contribution in [-0.2, 0) is 10.0 Å². The number of urea groups is 1. The van der Waals surface area contributed by atoms with Crippen molar-refractivity contribution in [2.75, 3.05) is 40.3 Å². The molecule has 19 heavy (non-hydrogen) atoms. The molecule has 1 aromatic rings. The van der Waals surface area contributed by atoms with Crippen LogP contribution in [0.2, 0.25) is 0 Å². The SMILES string of the molecule is CN(C)C(=O)N1CCN(S(=O)(=O)c2ccn[nH]2)CC1. The fourth-order valence-electron chi connectivity index (χ4n) is 1.93. The first-order valence-electron chi connectivity index (χ1n) is 5.88. The Balaban J connectivity index is 2.03. The number of nitrogens with one attached hydrogen (secondary N) is 1. The van der Waals surface area contributed by atoms with E-state index >= 15 is 0 Å². The number of nitrogens with zero attached hydrogens (tertiary/aromatic N) is 4. The molecular weight excluding hydrogens is 270 g/mol. The van der Waals surface area contributed by atoms with Crippen molar-refractivity contribution in [2.45, 2.75) is 5.03 Å². The van der Waals surface area contributed by atoms with Gasteiger partial charge in [-0.2, -0.15) is 9.40 Å². The lowest BCUT2D eigenvalue weighted by atomic mass is 10.4. The molecule has 1 aliphatic rings. The van der Waals surface area contributed by atoms with Gasteiger partial charge in [-0.05, 0) is 6.07 Å². The predicted octanol–water partition coefficient (Wildman–Crippen LogP) is -0.602. The average Bonchev–Trinajstić information content (AvgIpc) is 2.92. The Labute approximate surface area is 112 Å². The number of carbonyl (C=O) groups excluding carboxylic acids is 1. The van der Waals surface area contributed by atoms with Gasteiger partial charge in [-0.25, -0.2) is 13.2 Å². The molecule has 0 bridgehead atoms. The maximum absolute atomic E-state index is 12.2. The number of H-pyrrole nitrogens is 1. The standard InChI is InChI=1S/C10H17N5O3S/c1-13(2)10(16)14-5-7-15(8-6-14)19(17,18)9-3-4-11-12-9/h3-4H,5-8H2,1-2H3,(H,11,12). The van der Waals surface area contributed by atoms with Gasteiger partial charge in [-0.3, -0.25) is 5.10 Å². The zero-order valence-electron chi connectivity index (χ0n) is 10.9. The second-order valence-corrected chi connectivity index (χ2v) is 6.40. The third kappa shape index (κ3) is 2.71. The average molecular weight is 287 g/mol. The summed E-state index contributed by atoms with van der Waals surface area (Å²) in [5.74, 6) is 0. The maximum Gasteiger partial charge on any atom is 0.319 e. The van der Waals surface area contributed by atoms with Gasteiger partial charge >= 0.3 is 6.03 Å². The number of rotatable bonds is 2. The normalized spacial score (nSPS) is 17.5. The van der Waals surface area contributed by atoms with Crippen LogP contribution in [0.5, 0.6) is 0 Å². The van der Waals surface area contributed by atoms with Crippen LogP contribution >= 0.6 is 0 Å². The summed E-state index contributed by atoms with van der Waals surface area (Å²) in [5, 5.41) is 6.19. The highest BCUT2D eigenvalue weighted by molar-refractivity contribution is 7.89. The Bertz CT molecular complexity index is 532. The topological polar surface area (TPSA) is 89.6 Å². The molecule has 106 valence electrons. The first kappa shape index (κ1) is 13.8. The van der Waals surface area contributed by atoms with Crippen LogP contribution in [0.25, 0.3) is 0 Å². The summed E-state index contributed by atoms with van der Waals surface area (Å²) in [6, 6.07) is 1.32. The molecule has 0 radical (unpaired) electrons. The number of amides is 2. The van der Waals surface area contributed by atoms with E-state index in [0.29, 0.717) is 26.2 Å². The van der Waals surface area contributed by atoms with E-state index in [0.717, 1.165) is 0 Å². The van der Waals surface area contributed by atoms with E-state index in [1.54, 1.807) is 19.0 Å².